The zero-order chi connectivity index (χ0) is 46.6. The van der Waals surface area contributed by atoms with Gasteiger partial charge in [0.05, 0.1) is 49.6 Å². The average molecular weight is 948 g/mol. The van der Waals surface area contributed by atoms with E-state index in [-0.39, 0.29) is 39.9 Å². The van der Waals surface area contributed by atoms with E-state index in [9.17, 15) is 45.0 Å². The van der Waals surface area contributed by atoms with Gasteiger partial charge in [-0.1, -0.05) is 24.4 Å². The van der Waals surface area contributed by atoms with Crippen LogP contribution in [0.1, 0.15) is 39.5 Å². The Morgan fingerprint density at radius 3 is 2.13 bits per heavy atom. The Bertz CT molecular complexity index is 2500. The van der Waals surface area contributed by atoms with Gasteiger partial charge in [-0.15, -0.1) is 6.42 Å². The van der Waals surface area contributed by atoms with Crippen LogP contribution in [-0.4, -0.2) is 109 Å². The minimum Gasteiger partial charge on any atom is -0.481 e. The summed E-state index contributed by atoms with van der Waals surface area (Å²) in [7, 11) is -9.94. The number of aliphatic carboxylic acids is 1. The van der Waals surface area contributed by atoms with Crippen LogP contribution in [0.4, 0.5) is 20.8 Å². The molecule has 336 valence electrons. The van der Waals surface area contributed by atoms with E-state index >= 15 is 0 Å². The quantitative estimate of drug-likeness (QED) is 0.0768. The summed E-state index contributed by atoms with van der Waals surface area (Å²) in [6.07, 6.45) is 7.97. The molecule has 0 radical (unpaired) electrons. The molecule has 3 heterocycles. The lowest BCUT2D eigenvalue weighted by Gasteiger charge is -2.19. The molecular formula is C35H40ClFN7O15PS2. The van der Waals surface area contributed by atoms with Crippen molar-refractivity contribution >= 4 is 74.5 Å². The molecule has 0 saturated heterocycles. The number of carboxylic acids is 1. The number of amides is 4. The third-order valence-corrected chi connectivity index (χ3v) is 12.1. The minimum atomic E-state index is -4.61. The third-order valence-electron chi connectivity index (χ3n) is 8.02. The first kappa shape index (κ1) is 50.6. The van der Waals surface area contributed by atoms with Crippen LogP contribution in [0, 0.1) is 18.2 Å². The van der Waals surface area contributed by atoms with Gasteiger partial charge in [0.2, 0.25) is 17.7 Å². The number of nitrogens with zero attached hydrogens (tertiary/aromatic N) is 4. The molecule has 22 nitrogen and oxygen atoms in total. The number of rotatable bonds is 14. The van der Waals surface area contributed by atoms with Gasteiger partial charge in [-0.05, 0) is 50.8 Å². The maximum atomic E-state index is 14.4. The first-order chi connectivity index (χ1) is 29.0. The molecule has 27 heteroatoms. The van der Waals surface area contributed by atoms with Crippen LogP contribution in [0.25, 0.3) is 0 Å². The fourth-order valence-electron chi connectivity index (χ4n) is 5.21. The molecule has 4 amide bonds. The Labute approximate surface area is 359 Å². The van der Waals surface area contributed by atoms with Crippen molar-refractivity contribution < 1.29 is 74.1 Å². The smallest absolute Gasteiger partial charge is 0.339 e. The Morgan fingerprint density at radius 2 is 1.63 bits per heavy atom. The summed E-state index contributed by atoms with van der Waals surface area (Å²) < 4.78 is 90.5. The molecule has 0 saturated carbocycles. The third kappa shape index (κ3) is 13.9. The second-order valence-electron chi connectivity index (χ2n) is 12.5. The molecule has 1 aromatic carbocycles. The number of carboxylic acid groups (broad SMARTS) is 1. The number of sulfone groups is 1. The number of carbonyl (C=O) groups is 4. The van der Waals surface area contributed by atoms with Gasteiger partial charge in [0.15, 0.2) is 21.0 Å². The van der Waals surface area contributed by atoms with Crippen molar-refractivity contribution in [1.29, 1.82) is 0 Å². The van der Waals surface area contributed by atoms with Gasteiger partial charge in [0.1, 0.15) is 16.5 Å². The number of aromatic nitrogens is 3. The molecule has 1 aliphatic heterocycles. The predicted octanol–water partition coefficient (Wildman–Crippen LogP) is 2.61. The van der Waals surface area contributed by atoms with E-state index < -0.39 is 85.9 Å². The van der Waals surface area contributed by atoms with Gasteiger partial charge in [-0.25, -0.2) is 32.2 Å². The van der Waals surface area contributed by atoms with Crippen LogP contribution < -0.4 is 34.5 Å². The van der Waals surface area contributed by atoms with Crippen molar-refractivity contribution in [2.45, 2.75) is 55.6 Å². The number of ether oxygens (including phenoxy) is 3. The molecule has 5 rings (SSSR count). The number of terminal acetylenes is 1. The lowest BCUT2D eigenvalue weighted by molar-refractivity contribution is -0.136. The van der Waals surface area contributed by atoms with Gasteiger partial charge < -0.3 is 29.1 Å². The van der Waals surface area contributed by atoms with Gasteiger partial charge in [-0.2, -0.15) is 18.4 Å². The summed E-state index contributed by atoms with van der Waals surface area (Å²) in [6.45, 7) is 2.54. The van der Waals surface area contributed by atoms with Gasteiger partial charge in [0.25, 0.3) is 21.8 Å². The number of hydrogen-bond donors (Lipinski definition) is 6. The van der Waals surface area contributed by atoms with Crippen LogP contribution >= 0.6 is 19.2 Å². The Balaban J connectivity index is 0.000000274. The maximum Gasteiger partial charge on any atom is 0.339 e. The highest BCUT2D eigenvalue weighted by atomic mass is 35.5. The number of sulfonamides is 1. The van der Waals surface area contributed by atoms with Gasteiger partial charge >= 0.3 is 19.6 Å². The molecule has 2 aromatic heterocycles. The first-order valence-electron chi connectivity index (χ1n) is 17.7. The Morgan fingerprint density at radius 1 is 1.05 bits per heavy atom. The average Bonchev–Trinajstić information content (AvgIpc) is 3.46. The molecule has 2 aliphatic rings. The number of imide groups is 1. The molecule has 3 aromatic rings. The van der Waals surface area contributed by atoms with Crippen molar-refractivity contribution in [1.82, 2.24) is 25.0 Å². The highest BCUT2D eigenvalue weighted by Crippen LogP contribution is 2.40. The predicted molar refractivity (Wildman–Crippen MR) is 217 cm³/mol. The number of anilines is 2. The summed E-state index contributed by atoms with van der Waals surface area (Å²) >= 11 is 5.97. The first-order valence-corrected chi connectivity index (χ1v) is 23.0. The fraction of sp³-hybridized carbons (Fsp3) is 0.343. The molecule has 6 N–H and O–H groups in total. The molecule has 0 fully saturated rings. The van der Waals surface area contributed by atoms with Crippen molar-refractivity contribution in [3.63, 3.8) is 0 Å². The number of pyridine rings is 1. The van der Waals surface area contributed by atoms with Crippen LogP contribution in [0.15, 0.2) is 57.6 Å². The van der Waals surface area contributed by atoms with Crippen molar-refractivity contribution in [3.8, 4) is 29.9 Å². The standard InChI is InChI=1S/C18H15ClFNO3.C14H17N5O7S2.C3H8NO5P/c1-3-10(2)24-16-9-15(14(20)8-13(16)19)21-17(22)11-6-4-5-7-12(11)18(21)23;1-4-27(21,22)9-6-5-7-15-12(9)28(23,24)19-14(20)18-13-16-10(25-2)8-11(17-13)26-3;5-3(6)1-4-2-10(7,8)9/h1,8-10H,4-7H2,2H3;5-8H,4H2,1-3H3,(H2,16,17,18,19,20);4H,1-2H2,(H,5,6)(H2,7,8,9). The fourth-order valence-corrected chi connectivity index (χ4v) is 8.36. The van der Waals surface area contributed by atoms with Crippen molar-refractivity contribution in [3.05, 3.63) is 58.5 Å². The van der Waals surface area contributed by atoms with E-state index in [1.54, 1.807) is 11.6 Å². The zero-order valence-electron chi connectivity index (χ0n) is 33.1. The number of methoxy groups -OCH3 is 2. The lowest BCUT2D eigenvalue weighted by atomic mass is 9.93. The second-order valence-corrected chi connectivity index (χ2v) is 18.4. The second kappa shape index (κ2) is 21.9. The van der Waals surface area contributed by atoms with Crippen LogP contribution in [0.2, 0.25) is 5.02 Å². The van der Waals surface area contributed by atoms with Crippen molar-refractivity contribution in [2.75, 3.05) is 43.0 Å². The van der Waals surface area contributed by atoms with E-state index in [1.807, 2.05) is 0 Å². The topological polar surface area (TPSA) is 320 Å². The number of hydrogen-bond acceptors (Lipinski definition) is 16. The molecular weight excluding hydrogens is 908 g/mol. The molecule has 1 atom stereocenters. The monoisotopic (exact) mass is 947 g/mol. The Kier molecular flexibility index (Phi) is 17.9. The number of nitrogens with one attached hydrogen (secondary N) is 3. The summed E-state index contributed by atoms with van der Waals surface area (Å²) in [4.78, 5) is 74.9. The van der Waals surface area contributed by atoms with E-state index in [1.165, 1.54) is 39.3 Å². The van der Waals surface area contributed by atoms with Crippen LogP contribution in [0.5, 0.6) is 17.5 Å². The maximum absolute atomic E-state index is 14.4. The largest absolute Gasteiger partial charge is 0.481 e. The summed E-state index contributed by atoms with van der Waals surface area (Å²) in [5, 5.41) is 11.4. The van der Waals surface area contributed by atoms with E-state index in [2.05, 4.69) is 31.5 Å². The van der Waals surface area contributed by atoms with Crippen molar-refractivity contribution in [2.24, 2.45) is 0 Å². The number of halogens is 2. The zero-order valence-corrected chi connectivity index (χ0v) is 36.4. The van der Waals surface area contributed by atoms with Crippen LogP contribution in [0.3, 0.4) is 0 Å². The number of urea groups is 1. The molecule has 1 unspecified atom stereocenters. The van der Waals surface area contributed by atoms with E-state index in [4.69, 9.17) is 47.1 Å². The molecule has 0 bridgehead atoms. The highest BCUT2D eigenvalue weighted by Gasteiger charge is 2.41. The number of carbonyl (C=O) groups excluding carboxylic acids is 3. The van der Waals surface area contributed by atoms with E-state index in [0.29, 0.717) is 24.0 Å². The number of benzene rings is 1. The highest BCUT2D eigenvalue weighted by molar-refractivity contribution is 7.93. The normalized spacial score (nSPS) is 14.2. The van der Waals surface area contributed by atoms with E-state index in [0.717, 1.165) is 36.1 Å². The summed E-state index contributed by atoms with van der Waals surface area (Å²) in [6, 6.07) is 4.75. The molecule has 62 heavy (non-hydrogen) atoms. The summed E-state index contributed by atoms with van der Waals surface area (Å²) in [5.41, 5.74) is 0.808. The summed E-state index contributed by atoms with van der Waals surface area (Å²) in [5.74, 6) is -0.857. The molecule has 1 aliphatic carbocycles. The minimum absolute atomic E-state index is 0.0233. The SMILES string of the molecule is C#CC(C)Oc1cc(N2C(=O)C3=C(CCCC3)C2=O)c(F)cc1Cl.CCS(=O)(=O)c1cccnc1S(=O)(=O)NC(=O)Nc1nc(OC)cc(OC)n1.O=C(O)CNCP(=O)(O)O. The lowest BCUT2D eigenvalue weighted by Crippen LogP contribution is -2.36. The Hall–Kier alpha value is -5.74. The molecule has 0 spiro atoms. The van der Waals surface area contributed by atoms with Gasteiger partial charge in [-0.3, -0.25) is 29.6 Å². The van der Waals surface area contributed by atoms with Gasteiger partial charge in [0, 0.05) is 23.4 Å². The van der Waals surface area contributed by atoms with Crippen LogP contribution in [-0.2, 0) is 38.8 Å².